The molecule has 0 unspecified atom stereocenters. The number of anilines is 1. The predicted molar refractivity (Wildman–Crippen MR) is 82.7 cm³/mol. The fourth-order valence-electron chi connectivity index (χ4n) is 1.75. The van der Waals surface area contributed by atoms with Crippen LogP contribution in [-0.2, 0) is 11.3 Å². The lowest BCUT2D eigenvalue weighted by molar-refractivity contribution is 0.0600. The number of esters is 1. The Morgan fingerprint density at radius 3 is 2.76 bits per heavy atom. The molecule has 0 aliphatic heterocycles. The van der Waals surface area contributed by atoms with Crippen LogP contribution >= 0.6 is 11.3 Å². The fraction of sp³-hybridized carbons (Fsp3) is 0.200. The molecule has 0 fully saturated rings. The summed E-state index contributed by atoms with van der Waals surface area (Å²) in [5.74, 6) is -0.433. The summed E-state index contributed by atoms with van der Waals surface area (Å²) in [6, 6.07) is 8.61. The van der Waals surface area contributed by atoms with Gasteiger partial charge in [-0.15, -0.1) is 11.3 Å². The van der Waals surface area contributed by atoms with E-state index in [4.69, 9.17) is 0 Å². The monoisotopic (exact) mass is 304 g/mol. The van der Waals surface area contributed by atoms with Crippen LogP contribution in [0.2, 0.25) is 0 Å². The van der Waals surface area contributed by atoms with Gasteiger partial charge in [0.25, 0.3) is 0 Å². The number of urea groups is 1. The van der Waals surface area contributed by atoms with E-state index in [9.17, 15) is 9.59 Å². The van der Waals surface area contributed by atoms with Crippen molar-refractivity contribution in [2.24, 2.45) is 0 Å². The van der Waals surface area contributed by atoms with E-state index in [1.165, 1.54) is 7.11 Å². The van der Waals surface area contributed by atoms with Crippen LogP contribution in [0.25, 0.3) is 0 Å². The van der Waals surface area contributed by atoms with Crippen molar-refractivity contribution < 1.29 is 14.3 Å². The van der Waals surface area contributed by atoms with E-state index in [0.717, 1.165) is 10.4 Å². The number of thiophene rings is 1. The molecule has 1 aromatic heterocycles. The molecule has 2 aromatic rings. The van der Waals surface area contributed by atoms with Gasteiger partial charge in [0, 0.05) is 10.6 Å². The number of rotatable bonds is 4. The van der Waals surface area contributed by atoms with Gasteiger partial charge in [0.05, 0.1) is 19.2 Å². The van der Waals surface area contributed by atoms with Crippen molar-refractivity contribution in [1.82, 2.24) is 5.32 Å². The van der Waals surface area contributed by atoms with E-state index >= 15 is 0 Å². The quantitative estimate of drug-likeness (QED) is 0.853. The highest BCUT2D eigenvalue weighted by Gasteiger charge is 2.10. The van der Waals surface area contributed by atoms with Crippen LogP contribution in [0.1, 0.15) is 20.8 Å². The molecule has 21 heavy (non-hydrogen) atoms. The number of carbonyl (C=O) groups excluding carboxylic acids is 2. The molecule has 6 heteroatoms. The van der Waals surface area contributed by atoms with E-state index in [-0.39, 0.29) is 6.03 Å². The maximum absolute atomic E-state index is 11.9. The zero-order chi connectivity index (χ0) is 15.2. The summed E-state index contributed by atoms with van der Waals surface area (Å²) in [4.78, 5) is 24.4. The Kier molecular flexibility index (Phi) is 4.94. The molecule has 2 rings (SSSR count). The fourth-order valence-corrected chi connectivity index (χ4v) is 2.39. The second-order valence-corrected chi connectivity index (χ2v) is 5.44. The Morgan fingerprint density at radius 2 is 2.10 bits per heavy atom. The standard InChI is InChI=1S/C15H16N2O3S/c1-10-5-6-11(14(18)20-2)8-13(10)17-15(19)16-9-12-4-3-7-21-12/h3-8H,9H2,1-2H3,(H2,16,17,19). The minimum atomic E-state index is -0.433. The van der Waals surface area contributed by atoms with Crippen molar-refractivity contribution in [2.45, 2.75) is 13.5 Å². The largest absolute Gasteiger partial charge is 0.465 e. The first-order valence-electron chi connectivity index (χ1n) is 6.36. The molecule has 0 bridgehead atoms. The van der Waals surface area contributed by atoms with Crippen LogP contribution < -0.4 is 10.6 Å². The highest BCUT2D eigenvalue weighted by atomic mass is 32.1. The first kappa shape index (κ1) is 15.1. The molecule has 2 N–H and O–H groups in total. The Hall–Kier alpha value is -2.34. The van der Waals surface area contributed by atoms with Gasteiger partial charge in [-0.25, -0.2) is 9.59 Å². The van der Waals surface area contributed by atoms with Crippen LogP contribution in [0.3, 0.4) is 0 Å². The zero-order valence-electron chi connectivity index (χ0n) is 11.8. The average Bonchev–Trinajstić information content (AvgIpc) is 3.00. The summed E-state index contributed by atoms with van der Waals surface area (Å²) in [5.41, 5.74) is 1.85. The molecule has 5 nitrogen and oxygen atoms in total. The molecule has 1 aromatic carbocycles. The molecular weight excluding hydrogens is 288 g/mol. The van der Waals surface area contributed by atoms with Crippen LogP contribution in [0.4, 0.5) is 10.5 Å². The van der Waals surface area contributed by atoms with Gasteiger partial charge in [-0.3, -0.25) is 0 Å². The van der Waals surface area contributed by atoms with Gasteiger partial charge in [0.2, 0.25) is 0 Å². The average molecular weight is 304 g/mol. The Labute approximate surface area is 126 Å². The Morgan fingerprint density at radius 1 is 1.29 bits per heavy atom. The van der Waals surface area contributed by atoms with E-state index in [1.54, 1.807) is 29.5 Å². The molecule has 110 valence electrons. The van der Waals surface area contributed by atoms with E-state index in [2.05, 4.69) is 15.4 Å². The number of hydrogen-bond acceptors (Lipinski definition) is 4. The molecule has 1 heterocycles. The molecule has 0 atom stereocenters. The Balaban J connectivity index is 2.01. The number of aryl methyl sites for hydroxylation is 1. The molecule has 0 aliphatic carbocycles. The molecule has 0 saturated carbocycles. The summed E-state index contributed by atoms with van der Waals surface area (Å²) in [7, 11) is 1.32. The maximum atomic E-state index is 11.9. The summed E-state index contributed by atoms with van der Waals surface area (Å²) < 4.78 is 4.67. The van der Waals surface area contributed by atoms with E-state index in [1.807, 2.05) is 24.4 Å². The lowest BCUT2D eigenvalue weighted by Gasteiger charge is -2.10. The lowest BCUT2D eigenvalue weighted by Crippen LogP contribution is -2.28. The molecule has 2 amide bonds. The number of benzene rings is 1. The van der Waals surface area contributed by atoms with Crippen molar-refractivity contribution in [3.63, 3.8) is 0 Å². The number of carbonyl (C=O) groups is 2. The van der Waals surface area contributed by atoms with Crippen molar-refractivity contribution in [1.29, 1.82) is 0 Å². The second-order valence-electron chi connectivity index (χ2n) is 4.41. The third-order valence-electron chi connectivity index (χ3n) is 2.91. The highest BCUT2D eigenvalue weighted by Crippen LogP contribution is 2.17. The predicted octanol–water partition coefficient (Wildman–Crippen LogP) is 3.16. The van der Waals surface area contributed by atoms with Crippen molar-refractivity contribution >= 4 is 29.0 Å². The van der Waals surface area contributed by atoms with Crippen LogP contribution in [0.15, 0.2) is 35.7 Å². The number of ether oxygens (including phenoxy) is 1. The normalized spacial score (nSPS) is 10.0. The highest BCUT2D eigenvalue weighted by molar-refractivity contribution is 7.09. The molecule has 0 radical (unpaired) electrons. The number of amides is 2. The minimum absolute atomic E-state index is 0.312. The summed E-state index contributed by atoms with van der Waals surface area (Å²) in [5, 5.41) is 7.46. The van der Waals surface area contributed by atoms with Gasteiger partial charge < -0.3 is 15.4 Å². The van der Waals surface area contributed by atoms with Gasteiger partial charge in [-0.1, -0.05) is 12.1 Å². The lowest BCUT2D eigenvalue weighted by atomic mass is 10.1. The molecule has 0 saturated heterocycles. The topological polar surface area (TPSA) is 67.4 Å². The number of methoxy groups -OCH3 is 1. The van der Waals surface area contributed by atoms with Crippen molar-refractivity contribution in [3.8, 4) is 0 Å². The number of nitrogens with one attached hydrogen (secondary N) is 2. The SMILES string of the molecule is COC(=O)c1ccc(C)c(NC(=O)NCc2cccs2)c1. The molecular formula is C15H16N2O3S. The van der Waals surface area contributed by atoms with Gasteiger partial charge in [-0.05, 0) is 36.1 Å². The summed E-state index contributed by atoms with van der Waals surface area (Å²) in [6.07, 6.45) is 0. The van der Waals surface area contributed by atoms with Crippen LogP contribution in [0.5, 0.6) is 0 Å². The van der Waals surface area contributed by atoms with Gasteiger partial charge in [0.15, 0.2) is 0 Å². The van der Waals surface area contributed by atoms with Gasteiger partial charge in [0.1, 0.15) is 0 Å². The van der Waals surface area contributed by atoms with Crippen LogP contribution in [-0.4, -0.2) is 19.1 Å². The first-order valence-corrected chi connectivity index (χ1v) is 7.24. The number of hydrogen-bond donors (Lipinski definition) is 2. The van der Waals surface area contributed by atoms with Gasteiger partial charge in [-0.2, -0.15) is 0 Å². The van der Waals surface area contributed by atoms with Crippen molar-refractivity contribution in [3.05, 3.63) is 51.7 Å². The first-order chi connectivity index (χ1) is 10.1. The Bertz CT molecular complexity index is 638. The van der Waals surface area contributed by atoms with Gasteiger partial charge >= 0.3 is 12.0 Å². The van der Waals surface area contributed by atoms with Crippen LogP contribution in [0, 0.1) is 6.92 Å². The van der Waals surface area contributed by atoms with E-state index in [0.29, 0.717) is 17.8 Å². The second kappa shape index (κ2) is 6.90. The smallest absolute Gasteiger partial charge is 0.337 e. The summed E-state index contributed by atoms with van der Waals surface area (Å²) in [6.45, 7) is 2.33. The minimum Gasteiger partial charge on any atom is -0.465 e. The third kappa shape index (κ3) is 4.06. The zero-order valence-corrected chi connectivity index (χ0v) is 12.6. The third-order valence-corrected chi connectivity index (χ3v) is 3.79. The molecule has 0 spiro atoms. The van der Waals surface area contributed by atoms with E-state index < -0.39 is 5.97 Å². The summed E-state index contributed by atoms with van der Waals surface area (Å²) >= 11 is 1.58. The molecule has 0 aliphatic rings. The maximum Gasteiger partial charge on any atom is 0.337 e. The van der Waals surface area contributed by atoms with Crippen molar-refractivity contribution in [2.75, 3.05) is 12.4 Å².